The van der Waals surface area contributed by atoms with Gasteiger partial charge in [-0.25, -0.2) is 0 Å². The van der Waals surface area contributed by atoms with Crippen LogP contribution < -0.4 is 5.32 Å². The van der Waals surface area contributed by atoms with Gasteiger partial charge in [0.2, 0.25) is 11.8 Å². The summed E-state index contributed by atoms with van der Waals surface area (Å²) < 4.78 is 0. The fourth-order valence-corrected chi connectivity index (χ4v) is 3.41. The number of carbonyl (C=O) groups excluding carboxylic acids is 2. The van der Waals surface area contributed by atoms with Gasteiger partial charge in [-0.1, -0.05) is 43.2 Å². The zero-order chi connectivity index (χ0) is 14.2. The molecule has 1 heterocycles. The van der Waals surface area contributed by atoms with E-state index in [1.54, 1.807) is 6.92 Å². The molecular weight excluding hydrogens is 252 g/mol. The SMILES string of the molecule is CC1NC(=O)C2(CCCC2)N(Cc2ccccc2)C1=O. The summed E-state index contributed by atoms with van der Waals surface area (Å²) in [6.07, 6.45) is 3.59. The Hall–Kier alpha value is -1.84. The summed E-state index contributed by atoms with van der Waals surface area (Å²) in [4.78, 5) is 26.8. The van der Waals surface area contributed by atoms with Crippen LogP contribution in [0.3, 0.4) is 0 Å². The first-order chi connectivity index (χ1) is 9.63. The Bertz CT molecular complexity index is 521. The summed E-state index contributed by atoms with van der Waals surface area (Å²) in [6.45, 7) is 2.29. The molecule has 1 aliphatic carbocycles. The molecule has 4 nitrogen and oxygen atoms in total. The average molecular weight is 272 g/mol. The molecule has 1 aliphatic heterocycles. The van der Waals surface area contributed by atoms with E-state index in [0.29, 0.717) is 6.54 Å². The average Bonchev–Trinajstić information content (AvgIpc) is 2.94. The third kappa shape index (κ3) is 1.99. The second kappa shape index (κ2) is 4.93. The maximum Gasteiger partial charge on any atom is 0.246 e. The van der Waals surface area contributed by atoms with Gasteiger partial charge in [-0.15, -0.1) is 0 Å². The number of benzene rings is 1. The maximum atomic E-state index is 12.5. The van der Waals surface area contributed by atoms with Crippen molar-refractivity contribution in [3.63, 3.8) is 0 Å². The maximum absolute atomic E-state index is 12.5. The monoisotopic (exact) mass is 272 g/mol. The molecule has 1 unspecified atom stereocenters. The predicted molar refractivity (Wildman–Crippen MR) is 75.8 cm³/mol. The molecule has 0 radical (unpaired) electrons. The van der Waals surface area contributed by atoms with Crippen molar-refractivity contribution >= 4 is 11.8 Å². The molecule has 1 saturated carbocycles. The van der Waals surface area contributed by atoms with E-state index >= 15 is 0 Å². The van der Waals surface area contributed by atoms with Crippen LogP contribution in [0.2, 0.25) is 0 Å². The number of nitrogens with zero attached hydrogens (tertiary/aromatic N) is 1. The van der Waals surface area contributed by atoms with Gasteiger partial charge in [-0.2, -0.15) is 0 Å². The van der Waals surface area contributed by atoms with Crippen LogP contribution in [-0.4, -0.2) is 28.3 Å². The van der Waals surface area contributed by atoms with Crippen molar-refractivity contribution in [2.75, 3.05) is 0 Å². The van der Waals surface area contributed by atoms with Crippen molar-refractivity contribution in [1.29, 1.82) is 0 Å². The third-order valence-electron chi connectivity index (χ3n) is 4.54. The number of hydrogen-bond acceptors (Lipinski definition) is 2. The zero-order valence-electron chi connectivity index (χ0n) is 11.8. The number of nitrogens with one attached hydrogen (secondary N) is 1. The first kappa shape index (κ1) is 13.2. The highest BCUT2D eigenvalue weighted by molar-refractivity contribution is 5.99. The summed E-state index contributed by atoms with van der Waals surface area (Å²) in [5.41, 5.74) is 0.466. The van der Waals surface area contributed by atoms with E-state index < -0.39 is 11.6 Å². The molecule has 1 aromatic rings. The van der Waals surface area contributed by atoms with Crippen LogP contribution in [0.1, 0.15) is 38.2 Å². The van der Waals surface area contributed by atoms with E-state index in [4.69, 9.17) is 0 Å². The second-order valence-electron chi connectivity index (χ2n) is 5.84. The summed E-state index contributed by atoms with van der Waals surface area (Å²) in [5.74, 6) is 0.0633. The lowest BCUT2D eigenvalue weighted by Gasteiger charge is -2.45. The standard InChI is InChI=1S/C16H20N2O2/c1-12-14(19)18(11-13-7-3-2-4-8-13)16(15(20)17-12)9-5-6-10-16/h2-4,7-8,12H,5-6,9-11H2,1H3,(H,17,20). The lowest BCUT2D eigenvalue weighted by Crippen LogP contribution is -2.68. The molecule has 1 atom stereocenters. The molecule has 0 bridgehead atoms. The van der Waals surface area contributed by atoms with E-state index in [1.165, 1.54) is 0 Å². The number of piperazine rings is 1. The minimum Gasteiger partial charge on any atom is -0.343 e. The van der Waals surface area contributed by atoms with Crippen molar-refractivity contribution < 1.29 is 9.59 Å². The van der Waals surface area contributed by atoms with E-state index in [2.05, 4.69) is 5.32 Å². The summed E-state index contributed by atoms with van der Waals surface area (Å²) in [5, 5.41) is 2.85. The van der Waals surface area contributed by atoms with Crippen molar-refractivity contribution in [3.05, 3.63) is 35.9 Å². The Labute approximate surface area is 119 Å². The highest BCUT2D eigenvalue weighted by Crippen LogP contribution is 2.38. The molecular formula is C16H20N2O2. The van der Waals surface area contributed by atoms with Crippen LogP contribution in [-0.2, 0) is 16.1 Å². The first-order valence-electron chi connectivity index (χ1n) is 7.30. The van der Waals surface area contributed by atoms with Gasteiger partial charge in [0.1, 0.15) is 11.6 Å². The Balaban J connectivity index is 1.94. The third-order valence-corrected chi connectivity index (χ3v) is 4.54. The van der Waals surface area contributed by atoms with Gasteiger partial charge in [0.25, 0.3) is 0 Å². The van der Waals surface area contributed by atoms with Gasteiger partial charge in [0, 0.05) is 6.54 Å². The highest BCUT2D eigenvalue weighted by atomic mass is 16.2. The number of hydrogen-bond donors (Lipinski definition) is 1. The Morgan fingerprint density at radius 3 is 2.50 bits per heavy atom. The lowest BCUT2D eigenvalue weighted by atomic mass is 9.89. The largest absolute Gasteiger partial charge is 0.343 e. The van der Waals surface area contributed by atoms with E-state index in [9.17, 15) is 9.59 Å². The first-order valence-corrected chi connectivity index (χ1v) is 7.30. The van der Waals surface area contributed by atoms with Crippen LogP contribution in [0, 0.1) is 0 Å². The molecule has 4 heteroatoms. The van der Waals surface area contributed by atoms with Crippen molar-refractivity contribution in [1.82, 2.24) is 10.2 Å². The Morgan fingerprint density at radius 2 is 1.85 bits per heavy atom. The van der Waals surface area contributed by atoms with Crippen LogP contribution in [0.25, 0.3) is 0 Å². The lowest BCUT2D eigenvalue weighted by molar-refractivity contribution is -0.157. The summed E-state index contributed by atoms with van der Waals surface area (Å²) >= 11 is 0. The molecule has 1 saturated heterocycles. The number of rotatable bonds is 2. The Morgan fingerprint density at radius 1 is 1.20 bits per heavy atom. The number of carbonyl (C=O) groups is 2. The molecule has 106 valence electrons. The molecule has 3 rings (SSSR count). The topological polar surface area (TPSA) is 49.4 Å². The Kier molecular flexibility index (Phi) is 3.24. The van der Waals surface area contributed by atoms with Crippen molar-refractivity contribution in [3.8, 4) is 0 Å². The minimum absolute atomic E-state index is 0.0260. The van der Waals surface area contributed by atoms with Crippen molar-refractivity contribution in [2.45, 2.75) is 50.7 Å². The van der Waals surface area contributed by atoms with E-state index in [0.717, 1.165) is 31.2 Å². The van der Waals surface area contributed by atoms with Crippen LogP contribution >= 0.6 is 0 Å². The molecule has 1 N–H and O–H groups in total. The second-order valence-corrected chi connectivity index (χ2v) is 5.84. The quantitative estimate of drug-likeness (QED) is 0.893. The normalized spacial score (nSPS) is 25.1. The van der Waals surface area contributed by atoms with Gasteiger partial charge in [-0.3, -0.25) is 9.59 Å². The fourth-order valence-electron chi connectivity index (χ4n) is 3.41. The van der Waals surface area contributed by atoms with Gasteiger partial charge in [0.15, 0.2) is 0 Å². The highest BCUT2D eigenvalue weighted by Gasteiger charge is 2.52. The molecule has 2 aliphatic rings. The smallest absolute Gasteiger partial charge is 0.246 e. The zero-order valence-corrected chi connectivity index (χ0v) is 11.8. The fraction of sp³-hybridized carbons (Fsp3) is 0.500. The summed E-state index contributed by atoms with van der Waals surface area (Å²) in [7, 11) is 0. The van der Waals surface area contributed by atoms with Gasteiger partial charge in [0.05, 0.1) is 0 Å². The van der Waals surface area contributed by atoms with Crippen LogP contribution in [0.15, 0.2) is 30.3 Å². The van der Waals surface area contributed by atoms with Crippen LogP contribution in [0.5, 0.6) is 0 Å². The van der Waals surface area contributed by atoms with E-state index in [1.807, 2.05) is 35.2 Å². The molecule has 2 fully saturated rings. The molecule has 0 aromatic heterocycles. The van der Waals surface area contributed by atoms with Gasteiger partial charge >= 0.3 is 0 Å². The van der Waals surface area contributed by atoms with Crippen molar-refractivity contribution in [2.24, 2.45) is 0 Å². The number of amides is 2. The molecule has 1 spiro atoms. The molecule has 20 heavy (non-hydrogen) atoms. The molecule has 1 aromatic carbocycles. The predicted octanol–water partition coefficient (Wildman–Crippen LogP) is 1.85. The summed E-state index contributed by atoms with van der Waals surface area (Å²) in [6, 6.07) is 9.49. The van der Waals surface area contributed by atoms with Gasteiger partial charge in [-0.05, 0) is 25.3 Å². The van der Waals surface area contributed by atoms with Gasteiger partial charge < -0.3 is 10.2 Å². The van der Waals surface area contributed by atoms with Crippen LogP contribution in [0.4, 0.5) is 0 Å². The van der Waals surface area contributed by atoms with E-state index in [-0.39, 0.29) is 11.8 Å². The minimum atomic E-state index is -0.612. The molecule has 2 amide bonds.